The molecule has 2 aliphatic rings. The molecule has 1 aliphatic carbocycles. The summed E-state index contributed by atoms with van der Waals surface area (Å²) in [5.74, 6) is 0.0991. The average molecular weight is 226 g/mol. The SMILES string of the molecule is CCCC1(CNC(=O)C2COCCN2)CC1. The highest BCUT2D eigenvalue weighted by Crippen LogP contribution is 2.48. The lowest BCUT2D eigenvalue weighted by molar-refractivity contribution is -0.126. The standard InChI is InChI=1S/C12H22N2O2/c1-2-3-12(4-5-12)9-14-11(15)10-8-16-7-6-13-10/h10,13H,2-9H2,1H3,(H,14,15). The van der Waals surface area contributed by atoms with Crippen LogP contribution in [0.1, 0.15) is 32.6 Å². The minimum Gasteiger partial charge on any atom is -0.378 e. The van der Waals surface area contributed by atoms with Crippen LogP contribution in [0.15, 0.2) is 0 Å². The summed E-state index contributed by atoms with van der Waals surface area (Å²) in [6, 6.07) is -0.147. The summed E-state index contributed by atoms with van der Waals surface area (Å²) in [4.78, 5) is 11.8. The molecule has 1 amide bonds. The maximum atomic E-state index is 11.8. The molecule has 1 atom stereocenters. The van der Waals surface area contributed by atoms with Crippen molar-refractivity contribution < 1.29 is 9.53 Å². The van der Waals surface area contributed by atoms with Crippen molar-refractivity contribution in [1.82, 2.24) is 10.6 Å². The molecule has 1 saturated heterocycles. The zero-order valence-corrected chi connectivity index (χ0v) is 10.1. The Labute approximate surface area is 97.1 Å². The Hall–Kier alpha value is -0.610. The van der Waals surface area contributed by atoms with E-state index in [0.29, 0.717) is 18.6 Å². The van der Waals surface area contributed by atoms with E-state index in [-0.39, 0.29) is 11.9 Å². The average Bonchev–Trinajstić information content (AvgIpc) is 3.08. The van der Waals surface area contributed by atoms with E-state index >= 15 is 0 Å². The van der Waals surface area contributed by atoms with Crippen LogP contribution in [0.4, 0.5) is 0 Å². The van der Waals surface area contributed by atoms with E-state index in [1.807, 2.05) is 0 Å². The van der Waals surface area contributed by atoms with Crippen LogP contribution in [0.25, 0.3) is 0 Å². The third-order valence-corrected chi connectivity index (χ3v) is 3.61. The van der Waals surface area contributed by atoms with Gasteiger partial charge in [-0.3, -0.25) is 4.79 Å². The second-order valence-corrected chi connectivity index (χ2v) is 5.05. The lowest BCUT2D eigenvalue weighted by atomic mass is 10.0. The van der Waals surface area contributed by atoms with Crippen molar-refractivity contribution in [2.24, 2.45) is 5.41 Å². The molecular formula is C12H22N2O2. The first-order valence-corrected chi connectivity index (χ1v) is 6.35. The summed E-state index contributed by atoms with van der Waals surface area (Å²) in [5, 5.41) is 6.23. The molecule has 0 aromatic carbocycles. The van der Waals surface area contributed by atoms with Crippen molar-refractivity contribution in [2.75, 3.05) is 26.3 Å². The van der Waals surface area contributed by atoms with E-state index < -0.39 is 0 Å². The second kappa shape index (κ2) is 5.15. The first-order valence-electron chi connectivity index (χ1n) is 6.35. The van der Waals surface area contributed by atoms with Gasteiger partial charge in [-0.25, -0.2) is 0 Å². The Bertz CT molecular complexity index is 245. The smallest absolute Gasteiger partial charge is 0.239 e. The van der Waals surface area contributed by atoms with E-state index in [0.717, 1.165) is 13.1 Å². The lowest BCUT2D eigenvalue weighted by Gasteiger charge is -2.24. The van der Waals surface area contributed by atoms with E-state index in [2.05, 4.69) is 17.6 Å². The fourth-order valence-electron chi connectivity index (χ4n) is 2.35. The lowest BCUT2D eigenvalue weighted by Crippen LogP contribution is -2.52. The van der Waals surface area contributed by atoms with Crippen LogP contribution in [0.5, 0.6) is 0 Å². The number of nitrogens with one attached hydrogen (secondary N) is 2. The molecule has 4 heteroatoms. The number of hydrogen-bond acceptors (Lipinski definition) is 3. The van der Waals surface area contributed by atoms with E-state index in [1.165, 1.54) is 25.7 Å². The first kappa shape index (κ1) is 11.9. The Morgan fingerprint density at radius 3 is 2.94 bits per heavy atom. The molecule has 4 nitrogen and oxygen atoms in total. The Balaban J connectivity index is 1.70. The molecule has 2 N–H and O–H groups in total. The van der Waals surface area contributed by atoms with Gasteiger partial charge in [-0.05, 0) is 24.7 Å². The minimum absolute atomic E-state index is 0.0991. The molecule has 2 rings (SSSR count). The van der Waals surface area contributed by atoms with Crippen LogP contribution in [0, 0.1) is 5.41 Å². The van der Waals surface area contributed by atoms with Gasteiger partial charge in [0.05, 0.1) is 13.2 Å². The van der Waals surface area contributed by atoms with Crippen molar-refractivity contribution in [3.63, 3.8) is 0 Å². The van der Waals surface area contributed by atoms with Crippen LogP contribution < -0.4 is 10.6 Å². The van der Waals surface area contributed by atoms with Crippen molar-refractivity contribution in [2.45, 2.75) is 38.6 Å². The zero-order valence-electron chi connectivity index (χ0n) is 10.1. The van der Waals surface area contributed by atoms with Crippen LogP contribution in [0.2, 0.25) is 0 Å². The molecular weight excluding hydrogens is 204 g/mol. The third-order valence-electron chi connectivity index (χ3n) is 3.61. The highest BCUT2D eigenvalue weighted by atomic mass is 16.5. The largest absolute Gasteiger partial charge is 0.378 e. The number of amides is 1. The minimum atomic E-state index is -0.147. The highest BCUT2D eigenvalue weighted by Gasteiger charge is 2.41. The van der Waals surface area contributed by atoms with Gasteiger partial charge in [0.15, 0.2) is 0 Å². The van der Waals surface area contributed by atoms with Gasteiger partial charge < -0.3 is 15.4 Å². The van der Waals surface area contributed by atoms with Crippen molar-refractivity contribution in [1.29, 1.82) is 0 Å². The van der Waals surface area contributed by atoms with Gasteiger partial charge in [0.25, 0.3) is 0 Å². The molecule has 0 bridgehead atoms. The summed E-state index contributed by atoms with van der Waals surface area (Å²) in [6.07, 6.45) is 4.99. The normalized spacial score (nSPS) is 27.4. The molecule has 2 fully saturated rings. The van der Waals surface area contributed by atoms with Gasteiger partial charge in [-0.2, -0.15) is 0 Å². The summed E-state index contributed by atoms with van der Waals surface area (Å²) >= 11 is 0. The van der Waals surface area contributed by atoms with E-state index in [4.69, 9.17) is 4.74 Å². The van der Waals surface area contributed by atoms with Crippen LogP contribution in [-0.2, 0) is 9.53 Å². The van der Waals surface area contributed by atoms with Gasteiger partial charge in [0, 0.05) is 13.1 Å². The van der Waals surface area contributed by atoms with E-state index in [1.54, 1.807) is 0 Å². The predicted octanol–water partition coefficient (Wildman–Crippen LogP) is 0.671. The monoisotopic (exact) mass is 226 g/mol. The van der Waals surface area contributed by atoms with Crippen LogP contribution >= 0.6 is 0 Å². The van der Waals surface area contributed by atoms with Gasteiger partial charge in [-0.1, -0.05) is 13.3 Å². The number of carbonyl (C=O) groups excluding carboxylic acids is 1. The highest BCUT2D eigenvalue weighted by molar-refractivity contribution is 5.82. The Morgan fingerprint density at radius 2 is 2.38 bits per heavy atom. The van der Waals surface area contributed by atoms with Crippen molar-refractivity contribution in [3.8, 4) is 0 Å². The van der Waals surface area contributed by atoms with Gasteiger partial charge in [0.1, 0.15) is 6.04 Å². The molecule has 0 aromatic rings. The molecule has 92 valence electrons. The molecule has 0 radical (unpaired) electrons. The Kier molecular flexibility index (Phi) is 3.82. The van der Waals surface area contributed by atoms with Crippen molar-refractivity contribution >= 4 is 5.91 Å². The van der Waals surface area contributed by atoms with E-state index in [9.17, 15) is 4.79 Å². The van der Waals surface area contributed by atoms with Gasteiger partial charge >= 0.3 is 0 Å². The maximum absolute atomic E-state index is 11.8. The zero-order chi connectivity index (χ0) is 11.4. The fraction of sp³-hybridized carbons (Fsp3) is 0.917. The maximum Gasteiger partial charge on any atom is 0.239 e. The van der Waals surface area contributed by atoms with Gasteiger partial charge in [-0.15, -0.1) is 0 Å². The summed E-state index contributed by atoms with van der Waals surface area (Å²) in [6.45, 7) is 5.05. The summed E-state index contributed by atoms with van der Waals surface area (Å²) in [5.41, 5.74) is 0.430. The number of hydrogen-bond donors (Lipinski definition) is 2. The van der Waals surface area contributed by atoms with Crippen molar-refractivity contribution in [3.05, 3.63) is 0 Å². The predicted molar refractivity (Wildman–Crippen MR) is 62.2 cm³/mol. The molecule has 1 unspecified atom stereocenters. The molecule has 1 aliphatic heterocycles. The Morgan fingerprint density at radius 1 is 1.56 bits per heavy atom. The molecule has 1 saturated carbocycles. The first-order chi connectivity index (χ1) is 7.76. The molecule has 0 spiro atoms. The summed E-state index contributed by atoms with van der Waals surface area (Å²) < 4.78 is 5.27. The third kappa shape index (κ3) is 2.95. The summed E-state index contributed by atoms with van der Waals surface area (Å²) in [7, 11) is 0. The second-order valence-electron chi connectivity index (χ2n) is 5.05. The fourth-order valence-corrected chi connectivity index (χ4v) is 2.35. The number of carbonyl (C=O) groups is 1. The number of ether oxygens (including phenoxy) is 1. The quantitative estimate of drug-likeness (QED) is 0.724. The number of rotatable bonds is 5. The topological polar surface area (TPSA) is 50.4 Å². The van der Waals surface area contributed by atoms with Gasteiger partial charge in [0.2, 0.25) is 5.91 Å². The van der Waals surface area contributed by atoms with Crippen LogP contribution in [-0.4, -0.2) is 38.3 Å². The molecule has 0 aromatic heterocycles. The molecule has 16 heavy (non-hydrogen) atoms. The number of morpholine rings is 1. The van der Waals surface area contributed by atoms with Crippen LogP contribution in [0.3, 0.4) is 0 Å². The molecule has 1 heterocycles.